The summed E-state index contributed by atoms with van der Waals surface area (Å²) in [5.41, 5.74) is -2.00. The van der Waals surface area contributed by atoms with Crippen molar-refractivity contribution in [3.8, 4) is 45.6 Å². The van der Waals surface area contributed by atoms with Gasteiger partial charge in [-0.25, -0.2) is 4.79 Å². The average Bonchev–Trinajstić information content (AvgIpc) is 1.02. The molecule has 10 aromatic rings. The van der Waals surface area contributed by atoms with Crippen molar-refractivity contribution < 1.29 is 80.7 Å². The van der Waals surface area contributed by atoms with E-state index < -0.39 is 59.0 Å². The summed E-state index contributed by atoms with van der Waals surface area (Å²) in [5.74, 6) is -2.01. The molecule has 3 heterocycles. The van der Waals surface area contributed by atoms with Gasteiger partial charge in [0.2, 0.25) is 46.8 Å². The Hall–Kier alpha value is -12.4. The van der Waals surface area contributed by atoms with E-state index in [1.165, 1.54) is 28.0 Å². The van der Waals surface area contributed by atoms with Crippen molar-refractivity contribution in [1.82, 2.24) is 0 Å². The van der Waals surface area contributed by atoms with E-state index in [1.807, 2.05) is 24.3 Å². The van der Waals surface area contributed by atoms with Crippen LogP contribution in [0.25, 0.3) is 21.9 Å². The molecule has 4 bridgehead atoms. The second-order valence-corrected chi connectivity index (χ2v) is 35.4. The molecule has 10 aromatic carbocycles. The fourth-order valence-corrected chi connectivity index (χ4v) is 20.8. The van der Waals surface area contributed by atoms with Crippen molar-refractivity contribution in [1.29, 1.82) is 0 Å². The average molecular weight is 1560 g/mol. The van der Waals surface area contributed by atoms with E-state index in [4.69, 9.17) is 28.2 Å². The van der Waals surface area contributed by atoms with Crippen molar-refractivity contribution in [2.24, 2.45) is 47.3 Å². The normalized spacial score (nSPS) is 21.7. The minimum absolute atomic E-state index is 0.00954. The molecule has 21 heteroatoms. The van der Waals surface area contributed by atoms with E-state index in [0.29, 0.717) is 72.6 Å². The van der Waals surface area contributed by atoms with Gasteiger partial charge in [-0.05, 0) is 286 Å². The third-order valence-electron chi connectivity index (χ3n) is 24.0. The van der Waals surface area contributed by atoms with Crippen LogP contribution in [0.4, 0.5) is 17.1 Å². The first kappa shape index (κ1) is 75.3. The van der Waals surface area contributed by atoms with Gasteiger partial charge in [-0.3, -0.25) is 57.5 Å². The number of nitrogens with one attached hydrogen (secondary N) is 1. The number of imide groups is 2. The third kappa shape index (κ3) is 13.5. The number of hydrogen-bond donors (Lipinski definition) is 1. The number of ketones is 4. The number of rotatable bonds is 23. The largest absolute Gasteiger partial charge is 0.480 e. The summed E-state index contributed by atoms with van der Waals surface area (Å²) in [5, 5.41) is 4.65. The highest BCUT2D eigenvalue weighted by Gasteiger charge is 2.63. The van der Waals surface area contributed by atoms with E-state index in [0.717, 1.165) is 38.5 Å². The Kier molecular flexibility index (Phi) is 18.5. The van der Waals surface area contributed by atoms with Crippen LogP contribution in [0.5, 0.6) is 34.5 Å². The summed E-state index contributed by atoms with van der Waals surface area (Å²) in [4.78, 5) is 141. The number of amides is 5. The SMILES string of the molecule is CC(C)(Oc1ccc(OC(C)(C)C(=O)c2cccc(C(=O)C(C)(C)Oc3ccc(NC(=O)c4ccc(N5C(=O)C6C7CCC(C7)C6C5=O)cc4)cc3)c2)c(P2(=O)Oc3ccccc3-c3ccccc32)c1)C(=O)c1ccc(OC(C)(C)C(=O)c2ccc3cc(OC(=O)c4ccc(N5C(=O)C6C7CCC(C7)C6C5=O)cc4)ccc3c2)cc1. The summed E-state index contributed by atoms with van der Waals surface area (Å²) >= 11 is 0. The molecule has 6 fully saturated rings. The Bertz CT molecular complexity index is 5770. The van der Waals surface area contributed by atoms with Gasteiger partial charge in [0.15, 0.2) is 22.4 Å². The lowest BCUT2D eigenvalue weighted by Gasteiger charge is -2.33. The zero-order chi connectivity index (χ0) is 80.5. The van der Waals surface area contributed by atoms with Crippen LogP contribution >= 0.6 is 7.37 Å². The van der Waals surface area contributed by atoms with Crippen LogP contribution in [-0.4, -0.2) is 81.0 Å². The van der Waals surface area contributed by atoms with Crippen LogP contribution in [0.1, 0.15) is 156 Å². The first-order valence-electron chi connectivity index (χ1n) is 38.8. The molecule has 5 amide bonds. The third-order valence-corrected chi connectivity index (χ3v) is 26.5. The topological polar surface area (TPSA) is 262 Å². The highest BCUT2D eigenvalue weighted by atomic mass is 31.2. The molecule has 580 valence electrons. The molecule has 20 nitrogen and oxygen atoms in total. The van der Waals surface area contributed by atoms with Gasteiger partial charge in [-0.1, -0.05) is 72.8 Å². The monoisotopic (exact) mass is 1560 g/mol. The molecular weight excluding hydrogens is 1470 g/mol. The fraction of sp³-hybridized carbons (Fsp3) is 0.277. The number of esters is 1. The maximum Gasteiger partial charge on any atom is 0.343 e. The lowest BCUT2D eigenvalue weighted by atomic mass is 9.81. The molecule has 17 rings (SSSR count). The molecule has 9 unspecified atom stereocenters. The van der Waals surface area contributed by atoms with Crippen LogP contribution in [0.15, 0.2) is 224 Å². The number of nitrogens with zero attached hydrogens (tertiary/aromatic N) is 2. The standard InChI is InChI=1S/C94H82N3O17P/c1-91(2,81(98)52-30-39-67(40-31-52)110-93(5,6)84(101)63-25-20-56-50-69(41-32-55(56)46-63)109-90(107)54-28-37-66(38-29-54)97-88(105)79-59-23-24-60(48-59)80(79)89(97)106)112-70-44-45-74(76(51-70)115(108)75-19-12-10-17-72(75)71-16-9-11-18-73(71)114-115)113-94(7,8)83(100)62-15-13-14-61(49-62)82(99)92(3,4)111-68-42-33-64(34-43-68)95-85(102)53-26-35-65(36-27-53)96-86(103)77-57-21-22-58(47-57)78(77)87(96)104/h9-20,25-46,49-51,57-60,77-80H,21-24,47-48H2,1-8H3,(H,95,102). The molecule has 9 atom stereocenters. The Morgan fingerprint density at radius 3 is 1.35 bits per heavy atom. The van der Waals surface area contributed by atoms with E-state index in [2.05, 4.69) is 5.32 Å². The smallest absolute Gasteiger partial charge is 0.343 e. The predicted molar refractivity (Wildman–Crippen MR) is 432 cm³/mol. The Labute approximate surface area is 663 Å². The number of anilines is 3. The summed E-state index contributed by atoms with van der Waals surface area (Å²) in [7, 11) is -4.24. The number of benzene rings is 10. The van der Waals surface area contributed by atoms with Crippen molar-refractivity contribution in [2.75, 3.05) is 15.1 Å². The maximum absolute atomic E-state index is 16.2. The number of para-hydroxylation sites is 1. The summed E-state index contributed by atoms with van der Waals surface area (Å²) in [6, 6.07) is 60.8. The van der Waals surface area contributed by atoms with Gasteiger partial charge in [0, 0.05) is 39.1 Å². The van der Waals surface area contributed by atoms with Gasteiger partial charge >= 0.3 is 13.3 Å². The van der Waals surface area contributed by atoms with Crippen molar-refractivity contribution in [3.63, 3.8) is 0 Å². The molecular formula is C94H82N3O17P. The number of fused-ring (bicyclic) bond motifs is 14. The molecule has 0 spiro atoms. The zero-order valence-corrected chi connectivity index (χ0v) is 65.4. The first-order valence-corrected chi connectivity index (χ1v) is 40.5. The lowest BCUT2D eigenvalue weighted by molar-refractivity contribution is -0.124. The minimum Gasteiger partial charge on any atom is -0.480 e. The van der Waals surface area contributed by atoms with Crippen LogP contribution in [0.3, 0.4) is 0 Å². The maximum atomic E-state index is 16.2. The second kappa shape index (κ2) is 28.3. The van der Waals surface area contributed by atoms with Gasteiger partial charge in [0.05, 0.1) is 51.2 Å². The molecule has 4 saturated carbocycles. The van der Waals surface area contributed by atoms with Crippen molar-refractivity contribution >= 4 is 104 Å². The molecule has 3 aliphatic heterocycles. The molecule has 2 saturated heterocycles. The fourth-order valence-electron chi connectivity index (χ4n) is 18.4. The number of hydrogen-bond acceptors (Lipinski definition) is 17. The van der Waals surface area contributed by atoms with Crippen molar-refractivity contribution in [2.45, 2.75) is 116 Å². The van der Waals surface area contributed by atoms with Gasteiger partial charge < -0.3 is 33.5 Å². The van der Waals surface area contributed by atoms with Crippen LogP contribution < -0.4 is 53.9 Å². The summed E-state index contributed by atoms with van der Waals surface area (Å²) in [6.07, 6.45) is 5.79. The molecule has 0 aromatic heterocycles. The molecule has 7 aliphatic rings. The van der Waals surface area contributed by atoms with E-state index in [-0.39, 0.29) is 122 Å². The Balaban J connectivity index is 0.542. The Morgan fingerprint density at radius 1 is 0.383 bits per heavy atom. The van der Waals surface area contributed by atoms with Gasteiger partial charge in [-0.15, -0.1) is 0 Å². The summed E-state index contributed by atoms with van der Waals surface area (Å²) in [6.45, 7) is 12.8. The number of carbonyl (C=O) groups is 10. The van der Waals surface area contributed by atoms with Crippen LogP contribution in [0, 0.1) is 47.3 Å². The number of carbonyl (C=O) groups excluding carboxylic acids is 10. The predicted octanol–water partition coefficient (Wildman–Crippen LogP) is 16.8. The van der Waals surface area contributed by atoms with E-state index in [1.54, 1.807) is 237 Å². The van der Waals surface area contributed by atoms with Gasteiger partial charge in [0.25, 0.3) is 5.91 Å². The minimum atomic E-state index is -4.24. The van der Waals surface area contributed by atoms with Crippen molar-refractivity contribution in [3.05, 3.63) is 258 Å². The zero-order valence-electron chi connectivity index (χ0n) is 64.5. The van der Waals surface area contributed by atoms with Crippen LogP contribution in [-0.2, 0) is 23.7 Å². The number of ether oxygens (including phenoxy) is 5. The molecule has 1 N–H and O–H groups in total. The Morgan fingerprint density at radius 2 is 0.800 bits per heavy atom. The quantitative estimate of drug-likeness (QED) is 0.0205. The molecule has 115 heavy (non-hydrogen) atoms. The van der Waals surface area contributed by atoms with Gasteiger partial charge in [-0.2, -0.15) is 0 Å². The number of Topliss-reactive ketones (excluding diaryl/α,β-unsaturated/α-hetero) is 4. The van der Waals surface area contributed by atoms with E-state index >= 15 is 4.57 Å². The molecule has 4 aliphatic carbocycles. The second-order valence-electron chi connectivity index (χ2n) is 33.1. The highest BCUT2D eigenvalue weighted by Crippen LogP contribution is 2.59. The van der Waals surface area contributed by atoms with Crippen LogP contribution in [0.2, 0.25) is 0 Å². The van der Waals surface area contributed by atoms with Gasteiger partial charge in [0.1, 0.15) is 34.5 Å². The first-order chi connectivity index (χ1) is 54.9. The lowest BCUT2D eigenvalue weighted by Crippen LogP contribution is -2.41. The van der Waals surface area contributed by atoms with E-state index in [9.17, 15) is 47.9 Å². The highest BCUT2D eigenvalue weighted by molar-refractivity contribution is 7.75. The summed E-state index contributed by atoms with van der Waals surface area (Å²) < 4.78 is 54.5. The molecule has 0 radical (unpaired) electrons.